The number of nitrogens with zero attached hydrogens (tertiary/aromatic N) is 4. The van der Waals surface area contributed by atoms with Crippen molar-refractivity contribution in [2.45, 2.75) is 165 Å². The summed E-state index contributed by atoms with van der Waals surface area (Å²) in [6, 6.07) is 71.7. The van der Waals surface area contributed by atoms with E-state index >= 15 is 0 Å². The topological polar surface area (TPSA) is 35.9 Å². The van der Waals surface area contributed by atoms with Crippen LogP contribution in [0, 0.1) is 18.5 Å². The normalized spacial score (nSPS) is 20.3. The van der Waals surface area contributed by atoms with E-state index < -0.39 is 0 Å². The fourth-order valence-corrected chi connectivity index (χ4v) is 18.6. The van der Waals surface area contributed by atoms with Crippen molar-refractivity contribution in [1.82, 2.24) is 14.1 Å². The summed E-state index contributed by atoms with van der Waals surface area (Å²) in [7, 11) is 0. The third-order valence-corrected chi connectivity index (χ3v) is 23.6. The number of fused-ring (bicyclic) bond motifs is 6. The first kappa shape index (κ1) is 57.8. The van der Waals surface area contributed by atoms with Gasteiger partial charge in [-0.2, -0.15) is 18.2 Å². The summed E-state index contributed by atoms with van der Waals surface area (Å²) in [6.07, 6.45) is 15.5. The van der Waals surface area contributed by atoms with Crippen LogP contribution in [0.3, 0.4) is 0 Å². The van der Waals surface area contributed by atoms with Crippen LogP contribution in [-0.2, 0) is 59.0 Å². The average Bonchev–Trinajstić information content (AvgIpc) is 1.50. The number of imidazole rings is 1. The van der Waals surface area contributed by atoms with Crippen LogP contribution in [0.5, 0.6) is 11.5 Å². The van der Waals surface area contributed by atoms with Gasteiger partial charge in [0, 0.05) is 55.1 Å². The van der Waals surface area contributed by atoms with Gasteiger partial charge in [-0.25, -0.2) is 4.98 Å². The molecule has 0 N–H and O–H groups in total. The number of hydrogen-bond acceptors (Lipinski definition) is 2. The Balaban J connectivity index is 0.00000648. The Kier molecular flexibility index (Phi) is 12.2. The van der Waals surface area contributed by atoms with Crippen LogP contribution in [0.25, 0.3) is 94.5 Å². The van der Waals surface area contributed by atoms with Gasteiger partial charge in [0.2, 0.25) is 0 Å². The molecule has 2 spiro atoms. The van der Waals surface area contributed by atoms with Crippen LogP contribution < -0.4 is 9.30 Å². The molecule has 0 aliphatic heterocycles. The largest absolute Gasteiger partial charge is 0.510 e. The third kappa shape index (κ3) is 7.99. The number of para-hydroxylation sites is 4. The third-order valence-electron chi connectivity index (χ3n) is 23.6. The van der Waals surface area contributed by atoms with E-state index in [-0.39, 0.29) is 59.0 Å². The predicted molar refractivity (Wildman–Crippen MR) is 371 cm³/mol. The number of hydrogen-bond donors (Lipinski definition) is 0. The summed E-state index contributed by atoms with van der Waals surface area (Å²) in [6.45, 7) is 26.7. The van der Waals surface area contributed by atoms with Gasteiger partial charge >= 0.3 is 0 Å². The molecule has 6 heteroatoms. The summed E-state index contributed by atoms with van der Waals surface area (Å²) in [5.41, 5.74) is 30.6. The zero-order chi connectivity index (χ0) is 62.1. The number of benzene rings is 9. The van der Waals surface area contributed by atoms with Crippen molar-refractivity contribution in [3.05, 3.63) is 245 Å². The quantitative estimate of drug-likeness (QED) is 0.118. The van der Waals surface area contributed by atoms with E-state index in [2.05, 4.69) is 266 Å². The molecule has 9 aromatic carbocycles. The maximum Gasteiger partial charge on any atom is 0.268 e. The standard InChI is InChI=1S/C86H78N4O.Pt/c1-80(2,3)54-34-43-87-74(48-54)90-70-29-13-12-22-60(70)61-33-32-57(50-73(61)90)91-56-21-16-20-55(49-56)88-51-89(72-31-15-14-30-71(72)88)79-58(52-44-64-62-25-18-27-66-75(62)85(39-35-81(66,4)5)41-37-83(8,9)68(46-52)77(64)85)23-17-24-59(79)53-45-65-63-26-19-28-67-76(63)86(40-36-82(67,6)7)42-38-84(10,11)69(47-53)78(65)86;/h12-34,43-48H,35-42H2,1-11H3;/q-2;. The Morgan fingerprint density at radius 2 is 0.967 bits per heavy atom. The molecule has 3 aromatic heterocycles. The van der Waals surface area contributed by atoms with Gasteiger partial charge in [0.15, 0.2) is 0 Å². The molecule has 460 valence electrons. The maximum atomic E-state index is 6.89. The Hall–Kier alpha value is -8.11. The number of rotatable bonds is 7. The molecule has 0 amide bonds. The van der Waals surface area contributed by atoms with Gasteiger partial charge in [-0.05, 0) is 214 Å². The molecule has 6 aliphatic rings. The van der Waals surface area contributed by atoms with Crippen LogP contribution in [0.1, 0.15) is 178 Å². The predicted octanol–water partition coefficient (Wildman–Crippen LogP) is 21.0. The van der Waals surface area contributed by atoms with Crippen molar-refractivity contribution in [3.8, 4) is 73.2 Å². The van der Waals surface area contributed by atoms with Crippen LogP contribution in [0.15, 0.2) is 176 Å². The van der Waals surface area contributed by atoms with Crippen molar-refractivity contribution in [3.63, 3.8) is 0 Å². The Bertz CT molecular complexity index is 5000. The van der Waals surface area contributed by atoms with E-state index in [1.165, 1.54) is 99.7 Å². The van der Waals surface area contributed by atoms with Crippen molar-refractivity contribution < 1.29 is 30.4 Å². The monoisotopic (exact) mass is 1380 g/mol. The molecule has 0 fully saturated rings. The summed E-state index contributed by atoms with van der Waals surface area (Å²) in [5, 5.41) is 2.24. The van der Waals surface area contributed by atoms with Crippen LogP contribution >= 0.6 is 0 Å². The summed E-state index contributed by atoms with van der Waals surface area (Å²) < 4.78 is 13.7. The van der Waals surface area contributed by atoms with E-state index in [0.29, 0.717) is 11.5 Å². The fourth-order valence-electron chi connectivity index (χ4n) is 18.6. The molecule has 0 radical (unpaired) electrons. The zero-order valence-corrected chi connectivity index (χ0v) is 57.2. The first-order chi connectivity index (χ1) is 43.6. The number of ether oxygens (including phenoxy) is 1. The van der Waals surface area contributed by atoms with Crippen LogP contribution in [0.4, 0.5) is 0 Å². The Morgan fingerprint density at radius 3 is 1.57 bits per heavy atom. The van der Waals surface area contributed by atoms with Crippen LogP contribution in [0.2, 0.25) is 0 Å². The molecular weight excluding hydrogens is 1300 g/mol. The van der Waals surface area contributed by atoms with E-state index in [0.717, 1.165) is 62.9 Å². The SMILES string of the molecule is CC(C)(C)c1ccnc(-n2c3[c-]c(Oc4[c-]c(-n5[c-][n+](-c6c(-c7cc8c9c(c7)C(C)(C)CCC97CCC(C)(C)c9cccc-8c97)cccc6-c6cc7c8c(c6)C(C)(C)CCC86CCC(C)(C)c8cccc-7c86)c6ccccc65)ccc4)ccc3c3ccccc32)c1.[Pt]. The summed E-state index contributed by atoms with van der Waals surface area (Å²) in [4.78, 5) is 4.95. The molecule has 18 rings (SSSR count). The summed E-state index contributed by atoms with van der Waals surface area (Å²) >= 11 is 0. The molecule has 6 aliphatic carbocycles. The smallest absolute Gasteiger partial charge is 0.268 e. The minimum Gasteiger partial charge on any atom is -0.510 e. The van der Waals surface area contributed by atoms with Crippen molar-refractivity contribution in [2.24, 2.45) is 0 Å². The Labute approximate surface area is 556 Å². The van der Waals surface area contributed by atoms with Gasteiger partial charge in [0.05, 0.1) is 16.7 Å². The van der Waals surface area contributed by atoms with Gasteiger partial charge < -0.3 is 13.9 Å². The molecule has 0 saturated heterocycles. The van der Waals surface area contributed by atoms with Gasteiger partial charge in [-0.1, -0.05) is 191 Å². The molecule has 0 saturated carbocycles. The second-order valence-corrected chi connectivity index (χ2v) is 31.6. The van der Waals surface area contributed by atoms with Crippen molar-refractivity contribution in [1.29, 1.82) is 0 Å². The van der Waals surface area contributed by atoms with E-state index in [1.807, 2.05) is 18.3 Å². The van der Waals surface area contributed by atoms with E-state index in [4.69, 9.17) is 9.72 Å². The molecule has 0 bridgehead atoms. The summed E-state index contributed by atoms with van der Waals surface area (Å²) in [5.74, 6) is 2.04. The van der Waals surface area contributed by atoms with Gasteiger partial charge in [-0.3, -0.25) is 4.57 Å². The van der Waals surface area contributed by atoms with Gasteiger partial charge in [0.25, 0.3) is 6.33 Å². The number of pyridine rings is 1. The average molecular weight is 1380 g/mol. The fraction of sp³-hybridized carbons (Fsp3) is 0.302. The minimum atomic E-state index is -0.0450. The van der Waals surface area contributed by atoms with Crippen molar-refractivity contribution >= 4 is 32.8 Å². The van der Waals surface area contributed by atoms with Crippen LogP contribution in [-0.4, -0.2) is 14.1 Å². The van der Waals surface area contributed by atoms with Gasteiger partial charge in [-0.15, -0.1) is 29.7 Å². The molecule has 12 aromatic rings. The zero-order valence-electron chi connectivity index (χ0n) is 54.9. The molecule has 2 atom stereocenters. The second kappa shape index (κ2) is 19.5. The minimum absolute atomic E-state index is 0. The molecule has 3 heterocycles. The second-order valence-electron chi connectivity index (χ2n) is 31.6. The molecule has 92 heavy (non-hydrogen) atoms. The Morgan fingerprint density at radius 1 is 0.457 bits per heavy atom. The van der Waals surface area contributed by atoms with E-state index in [1.54, 1.807) is 33.4 Å². The van der Waals surface area contributed by atoms with E-state index in [9.17, 15) is 0 Å². The first-order valence-corrected chi connectivity index (χ1v) is 33.5. The number of aromatic nitrogens is 4. The van der Waals surface area contributed by atoms with Gasteiger partial charge in [0.1, 0.15) is 5.82 Å². The molecule has 2 unspecified atom stereocenters. The first-order valence-electron chi connectivity index (χ1n) is 33.5. The van der Waals surface area contributed by atoms with Crippen molar-refractivity contribution in [2.75, 3.05) is 0 Å². The maximum absolute atomic E-state index is 6.89. The molecular formula is C86H78N4OPt-2. The molecule has 5 nitrogen and oxygen atoms in total.